The third kappa shape index (κ3) is 2.80. The molecule has 1 rings (SSSR count). The number of alkyl halides is 3. The first-order chi connectivity index (χ1) is 6.54. The second-order valence-electron chi connectivity index (χ2n) is 2.78. The van der Waals surface area contributed by atoms with E-state index in [-0.39, 0.29) is 0 Å². The zero-order valence-electron chi connectivity index (χ0n) is 7.25. The third-order valence-corrected chi connectivity index (χ3v) is 1.74. The molecule has 1 nitrogen and oxygen atoms in total. The van der Waals surface area contributed by atoms with Gasteiger partial charge in [-0.2, -0.15) is 13.2 Å². The van der Waals surface area contributed by atoms with Gasteiger partial charge in [0.2, 0.25) is 0 Å². The molecule has 0 aliphatic rings. The van der Waals surface area contributed by atoms with Crippen molar-refractivity contribution in [2.45, 2.75) is 12.6 Å². The summed E-state index contributed by atoms with van der Waals surface area (Å²) in [7, 11) is 0. The summed E-state index contributed by atoms with van der Waals surface area (Å²) in [6.07, 6.45) is -1.53. The second-order valence-corrected chi connectivity index (χ2v) is 2.78. The van der Waals surface area contributed by atoms with E-state index in [1.165, 1.54) is 18.2 Å². The zero-order chi connectivity index (χ0) is 10.6. The topological polar surface area (TPSA) is 20.2 Å². The van der Waals surface area contributed by atoms with Crippen molar-refractivity contribution in [3.05, 3.63) is 47.7 Å². The molecule has 0 saturated heterocycles. The van der Waals surface area contributed by atoms with Crippen LogP contribution >= 0.6 is 0 Å². The number of hydrogen-bond acceptors (Lipinski definition) is 1. The maximum Gasteiger partial charge on any atom is 0.416 e. The molecule has 4 heteroatoms. The molecule has 0 atom stereocenters. The van der Waals surface area contributed by atoms with E-state index in [1.807, 2.05) is 0 Å². The lowest BCUT2D eigenvalue weighted by atomic mass is 10.1. The normalized spacial score (nSPS) is 12.2. The number of aliphatic hydroxyl groups is 1. The number of rotatable bonds is 2. The van der Waals surface area contributed by atoms with Gasteiger partial charge in [0.25, 0.3) is 0 Å². The standard InChI is InChI=1S/C10H9F3O/c11-10(12,13)9-5-3-8(4-6-9)2-1-7-14/h1,3-7,14H,2H2. The molecule has 0 fully saturated rings. The molecule has 0 aliphatic carbocycles. The van der Waals surface area contributed by atoms with Gasteiger partial charge in [0.15, 0.2) is 0 Å². The Kier molecular flexibility index (Phi) is 3.17. The van der Waals surface area contributed by atoms with Gasteiger partial charge in [-0.05, 0) is 30.2 Å². The molecule has 0 bridgehead atoms. The fraction of sp³-hybridized carbons (Fsp3) is 0.200. The monoisotopic (exact) mass is 202 g/mol. The van der Waals surface area contributed by atoms with E-state index in [4.69, 9.17) is 5.11 Å². The molecule has 1 N–H and O–H groups in total. The van der Waals surface area contributed by atoms with Crippen molar-refractivity contribution in [3.63, 3.8) is 0 Å². The van der Waals surface area contributed by atoms with Crippen molar-refractivity contribution in [2.75, 3.05) is 0 Å². The molecule has 0 amide bonds. The summed E-state index contributed by atoms with van der Waals surface area (Å²) in [5.74, 6) is 0. The van der Waals surface area contributed by atoms with Gasteiger partial charge in [-0.15, -0.1) is 0 Å². The van der Waals surface area contributed by atoms with Gasteiger partial charge in [0, 0.05) is 0 Å². The maximum atomic E-state index is 12.1. The van der Waals surface area contributed by atoms with Crippen LogP contribution in [0, 0.1) is 0 Å². The van der Waals surface area contributed by atoms with E-state index in [0.29, 0.717) is 6.42 Å². The molecular formula is C10H9F3O. The molecule has 0 aliphatic heterocycles. The summed E-state index contributed by atoms with van der Waals surface area (Å²) >= 11 is 0. The van der Waals surface area contributed by atoms with Crippen LogP contribution in [0.5, 0.6) is 0 Å². The van der Waals surface area contributed by atoms with Crippen molar-refractivity contribution < 1.29 is 18.3 Å². The van der Waals surface area contributed by atoms with Crippen LogP contribution < -0.4 is 0 Å². The smallest absolute Gasteiger partial charge is 0.416 e. The van der Waals surface area contributed by atoms with Crippen LogP contribution in [0.1, 0.15) is 11.1 Å². The molecule has 1 aromatic rings. The molecule has 14 heavy (non-hydrogen) atoms. The van der Waals surface area contributed by atoms with E-state index in [9.17, 15) is 13.2 Å². The average molecular weight is 202 g/mol. The molecule has 0 unspecified atom stereocenters. The zero-order valence-corrected chi connectivity index (χ0v) is 7.25. The Balaban J connectivity index is 2.79. The molecule has 1 aromatic carbocycles. The number of hydrogen-bond donors (Lipinski definition) is 1. The minimum atomic E-state index is -4.29. The Morgan fingerprint density at radius 1 is 1.14 bits per heavy atom. The van der Waals surface area contributed by atoms with E-state index in [0.717, 1.165) is 24.0 Å². The first-order valence-electron chi connectivity index (χ1n) is 3.99. The Bertz CT molecular complexity index is 311. The highest BCUT2D eigenvalue weighted by molar-refractivity contribution is 5.25. The van der Waals surface area contributed by atoms with Crippen molar-refractivity contribution in [3.8, 4) is 0 Å². The summed E-state index contributed by atoms with van der Waals surface area (Å²) in [4.78, 5) is 0. The van der Waals surface area contributed by atoms with Crippen LogP contribution in [0.15, 0.2) is 36.6 Å². The largest absolute Gasteiger partial charge is 0.516 e. The fourth-order valence-corrected chi connectivity index (χ4v) is 1.02. The molecule has 0 saturated carbocycles. The Labute approximate surface area is 79.5 Å². The van der Waals surface area contributed by atoms with E-state index in [1.54, 1.807) is 0 Å². The van der Waals surface area contributed by atoms with Crippen molar-refractivity contribution in [1.82, 2.24) is 0 Å². The van der Waals surface area contributed by atoms with Crippen LogP contribution in [0.4, 0.5) is 13.2 Å². The van der Waals surface area contributed by atoms with Crippen LogP contribution in [0.2, 0.25) is 0 Å². The van der Waals surface area contributed by atoms with Crippen molar-refractivity contribution in [1.29, 1.82) is 0 Å². The van der Waals surface area contributed by atoms with Gasteiger partial charge < -0.3 is 5.11 Å². The lowest BCUT2D eigenvalue weighted by Crippen LogP contribution is -2.04. The maximum absolute atomic E-state index is 12.1. The third-order valence-electron chi connectivity index (χ3n) is 1.74. The fourth-order valence-electron chi connectivity index (χ4n) is 1.02. The first-order valence-corrected chi connectivity index (χ1v) is 3.99. The molecular weight excluding hydrogens is 193 g/mol. The second kappa shape index (κ2) is 4.17. The highest BCUT2D eigenvalue weighted by atomic mass is 19.4. The lowest BCUT2D eigenvalue weighted by Gasteiger charge is -2.06. The molecule has 0 spiro atoms. The Morgan fingerprint density at radius 2 is 1.71 bits per heavy atom. The van der Waals surface area contributed by atoms with Gasteiger partial charge in [0.05, 0.1) is 11.8 Å². The van der Waals surface area contributed by atoms with Crippen LogP contribution in [0.3, 0.4) is 0 Å². The van der Waals surface area contributed by atoms with Gasteiger partial charge in [-0.1, -0.05) is 12.1 Å². The number of allylic oxidation sites excluding steroid dienone is 1. The number of halogens is 3. The Hall–Kier alpha value is -1.45. The van der Waals surface area contributed by atoms with Gasteiger partial charge >= 0.3 is 6.18 Å². The molecule has 76 valence electrons. The number of benzene rings is 1. The summed E-state index contributed by atoms with van der Waals surface area (Å²) in [5, 5.41) is 8.35. The van der Waals surface area contributed by atoms with E-state index in [2.05, 4.69) is 0 Å². The highest BCUT2D eigenvalue weighted by Crippen LogP contribution is 2.29. The summed E-state index contributed by atoms with van der Waals surface area (Å²) in [6.45, 7) is 0. The summed E-state index contributed by atoms with van der Waals surface area (Å²) < 4.78 is 36.4. The summed E-state index contributed by atoms with van der Waals surface area (Å²) in [6, 6.07) is 4.84. The molecule has 0 radical (unpaired) electrons. The quantitative estimate of drug-likeness (QED) is 0.729. The predicted molar refractivity (Wildman–Crippen MR) is 46.9 cm³/mol. The van der Waals surface area contributed by atoms with Crippen molar-refractivity contribution >= 4 is 0 Å². The highest BCUT2D eigenvalue weighted by Gasteiger charge is 2.29. The lowest BCUT2D eigenvalue weighted by molar-refractivity contribution is -0.137. The van der Waals surface area contributed by atoms with Crippen molar-refractivity contribution in [2.24, 2.45) is 0 Å². The predicted octanol–water partition coefficient (Wildman–Crippen LogP) is 3.32. The Morgan fingerprint density at radius 3 is 2.14 bits per heavy atom. The minimum Gasteiger partial charge on any atom is -0.516 e. The van der Waals surface area contributed by atoms with Crippen LogP contribution in [-0.2, 0) is 12.6 Å². The van der Waals surface area contributed by atoms with Gasteiger partial charge in [-0.25, -0.2) is 0 Å². The summed E-state index contributed by atoms with van der Waals surface area (Å²) in [5.41, 5.74) is 0.0672. The van der Waals surface area contributed by atoms with E-state index < -0.39 is 11.7 Å². The van der Waals surface area contributed by atoms with Crippen LogP contribution in [0.25, 0.3) is 0 Å². The molecule has 0 aromatic heterocycles. The average Bonchev–Trinajstić information content (AvgIpc) is 2.14. The molecule has 0 heterocycles. The van der Waals surface area contributed by atoms with Crippen LogP contribution in [-0.4, -0.2) is 5.11 Å². The number of aliphatic hydroxyl groups excluding tert-OH is 1. The SMILES string of the molecule is OC=CCc1ccc(C(F)(F)F)cc1. The minimum absolute atomic E-state index is 0.425. The van der Waals surface area contributed by atoms with Gasteiger partial charge in [-0.3, -0.25) is 0 Å². The van der Waals surface area contributed by atoms with E-state index >= 15 is 0 Å². The van der Waals surface area contributed by atoms with Gasteiger partial charge in [0.1, 0.15) is 0 Å². The first kappa shape index (κ1) is 10.6.